The average Bonchev–Trinajstić information content (AvgIpc) is 2.23. The van der Waals surface area contributed by atoms with Gasteiger partial charge in [0.25, 0.3) is 5.69 Å². The Labute approximate surface area is 96.4 Å². The summed E-state index contributed by atoms with van der Waals surface area (Å²) < 4.78 is 5.44. The zero-order chi connectivity index (χ0) is 12.4. The minimum atomic E-state index is -0.964. The standard InChI is InChI=1S/C10H10N2O5/c13-10(14)11-5-9(6-11)17-8-3-1-7(2-4-8)12(15)16/h1-4,9H,5-6H2,(H,13,14). The molecule has 1 aromatic rings. The van der Waals surface area contributed by atoms with Gasteiger partial charge < -0.3 is 14.7 Å². The molecule has 1 fully saturated rings. The number of likely N-dealkylation sites (tertiary alicyclic amines) is 1. The van der Waals surface area contributed by atoms with Gasteiger partial charge in [-0.1, -0.05) is 0 Å². The number of carboxylic acid groups (broad SMARTS) is 1. The normalized spacial score (nSPS) is 15.2. The molecule has 0 aromatic heterocycles. The van der Waals surface area contributed by atoms with Crippen LogP contribution in [-0.2, 0) is 0 Å². The molecule has 1 saturated heterocycles. The van der Waals surface area contributed by atoms with Crippen molar-refractivity contribution in [2.45, 2.75) is 6.10 Å². The molecular weight excluding hydrogens is 228 g/mol. The van der Waals surface area contributed by atoms with E-state index in [1.165, 1.54) is 29.2 Å². The highest BCUT2D eigenvalue weighted by molar-refractivity contribution is 5.66. The maximum atomic E-state index is 10.5. The largest absolute Gasteiger partial charge is 0.487 e. The Morgan fingerprint density at radius 1 is 1.41 bits per heavy atom. The van der Waals surface area contributed by atoms with Crippen LogP contribution >= 0.6 is 0 Å². The molecule has 90 valence electrons. The molecule has 0 saturated carbocycles. The van der Waals surface area contributed by atoms with E-state index in [-0.39, 0.29) is 11.8 Å². The Morgan fingerprint density at radius 2 is 2.00 bits per heavy atom. The van der Waals surface area contributed by atoms with E-state index in [9.17, 15) is 14.9 Å². The van der Waals surface area contributed by atoms with Crippen LogP contribution in [0.25, 0.3) is 0 Å². The van der Waals surface area contributed by atoms with Crippen LogP contribution in [0.5, 0.6) is 5.75 Å². The molecule has 1 amide bonds. The molecule has 17 heavy (non-hydrogen) atoms. The predicted octanol–water partition coefficient (Wildman–Crippen LogP) is 1.34. The SMILES string of the molecule is O=C(O)N1CC(Oc2ccc([N+](=O)[O-])cc2)C1. The lowest BCUT2D eigenvalue weighted by molar-refractivity contribution is -0.384. The van der Waals surface area contributed by atoms with Crippen molar-refractivity contribution in [3.8, 4) is 5.75 Å². The van der Waals surface area contributed by atoms with Gasteiger partial charge in [-0.25, -0.2) is 4.79 Å². The lowest BCUT2D eigenvalue weighted by Crippen LogP contribution is -2.55. The fraction of sp³-hybridized carbons (Fsp3) is 0.300. The second-order valence-corrected chi connectivity index (χ2v) is 3.68. The molecule has 0 aliphatic carbocycles. The number of non-ortho nitro benzene ring substituents is 1. The zero-order valence-corrected chi connectivity index (χ0v) is 8.78. The molecule has 2 rings (SSSR count). The first-order chi connectivity index (χ1) is 8.06. The van der Waals surface area contributed by atoms with Crippen molar-refractivity contribution in [2.24, 2.45) is 0 Å². The second-order valence-electron chi connectivity index (χ2n) is 3.68. The van der Waals surface area contributed by atoms with Crippen LogP contribution in [-0.4, -0.2) is 40.2 Å². The van der Waals surface area contributed by atoms with Crippen molar-refractivity contribution in [1.29, 1.82) is 0 Å². The fourth-order valence-corrected chi connectivity index (χ4v) is 1.51. The van der Waals surface area contributed by atoms with Crippen molar-refractivity contribution in [1.82, 2.24) is 4.90 Å². The summed E-state index contributed by atoms with van der Waals surface area (Å²) in [5, 5.41) is 19.0. The molecule has 0 bridgehead atoms. The van der Waals surface area contributed by atoms with Gasteiger partial charge >= 0.3 is 6.09 Å². The summed E-state index contributed by atoms with van der Waals surface area (Å²) >= 11 is 0. The Morgan fingerprint density at radius 3 is 2.47 bits per heavy atom. The third-order valence-electron chi connectivity index (χ3n) is 2.47. The molecule has 7 nitrogen and oxygen atoms in total. The van der Waals surface area contributed by atoms with Gasteiger partial charge in [0.2, 0.25) is 0 Å². The third-order valence-corrected chi connectivity index (χ3v) is 2.47. The van der Waals surface area contributed by atoms with E-state index < -0.39 is 11.0 Å². The number of hydrogen-bond donors (Lipinski definition) is 1. The van der Waals surface area contributed by atoms with Gasteiger partial charge in [-0.3, -0.25) is 10.1 Å². The summed E-state index contributed by atoms with van der Waals surface area (Å²) in [5.41, 5.74) is -0.00174. The number of benzene rings is 1. The van der Waals surface area contributed by atoms with Crippen LogP contribution in [0.3, 0.4) is 0 Å². The number of carbonyl (C=O) groups is 1. The molecule has 1 heterocycles. The summed E-state index contributed by atoms with van der Waals surface area (Å²) in [6, 6.07) is 5.70. The van der Waals surface area contributed by atoms with Crippen LogP contribution < -0.4 is 4.74 Å². The third kappa shape index (κ3) is 2.44. The highest BCUT2D eigenvalue weighted by Gasteiger charge is 2.32. The summed E-state index contributed by atoms with van der Waals surface area (Å²) in [6.07, 6.45) is -1.14. The molecule has 0 atom stereocenters. The monoisotopic (exact) mass is 238 g/mol. The van der Waals surface area contributed by atoms with Crippen molar-refractivity contribution in [3.05, 3.63) is 34.4 Å². The molecule has 0 radical (unpaired) electrons. The Bertz CT molecular complexity index is 439. The predicted molar refractivity (Wildman–Crippen MR) is 57.1 cm³/mol. The Kier molecular flexibility index (Phi) is 2.82. The van der Waals surface area contributed by atoms with E-state index in [0.717, 1.165) is 0 Å². The topological polar surface area (TPSA) is 92.9 Å². The van der Waals surface area contributed by atoms with Gasteiger partial charge in [-0.15, -0.1) is 0 Å². The van der Waals surface area contributed by atoms with Crippen molar-refractivity contribution in [3.63, 3.8) is 0 Å². The first kappa shape index (κ1) is 11.2. The zero-order valence-electron chi connectivity index (χ0n) is 8.78. The van der Waals surface area contributed by atoms with Crippen LogP contribution in [0.4, 0.5) is 10.5 Å². The number of ether oxygens (including phenoxy) is 1. The summed E-state index contributed by atoms with van der Waals surface area (Å²) in [6.45, 7) is 0.651. The number of nitro benzene ring substituents is 1. The molecule has 1 N–H and O–H groups in total. The second kappa shape index (κ2) is 4.28. The summed E-state index contributed by atoms with van der Waals surface area (Å²) in [5.74, 6) is 0.505. The highest BCUT2D eigenvalue weighted by Crippen LogP contribution is 2.21. The van der Waals surface area contributed by atoms with Crippen molar-refractivity contribution >= 4 is 11.8 Å². The van der Waals surface area contributed by atoms with E-state index in [4.69, 9.17) is 9.84 Å². The molecule has 7 heteroatoms. The molecular formula is C10H10N2O5. The smallest absolute Gasteiger partial charge is 0.407 e. The van der Waals surface area contributed by atoms with Gasteiger partial charge in [0.15, 0.2) is 0 Å². The van der Waals surface area contributed by atoms with E-state index in [0.29, 0.717) is 18.8 Å². The number of nitro groups is 1. The molecule has 0 spiro atoms. The van der Waals surface area contributed by atoms with Gasteiger partial charge in [0.1, 0.15) is 11.9 Å². The quantitative estimate of drug-likeness (QED) is 0.633. The van der Waals surface area contributed by atoms with Crippen LogP contribution in [0.1, 0.15) is 0 Å². The summed E-state index contributed by atoms with van der Waals surface area (Å²) in [7, 11) is 0. The minimum Gasteiger partial charge on any atom is -0.487 e. The Hall–Kier alpha value is -2.31. The minimum absolute atomic E-state index is 0.00174. The fourth-order valence-electron chi connectivity index (χ4n) is 1.51. The number of nitrogens with zero attached hydrogens (tertiary/aromatic N) is 2. The summed E-state index contributed by atoms with van der Waals surface area (Å²) in [4.78, 5) is 21.7. The lowest BCUT2D eigenvalue weighted by Gasteiger charge is -2.36. The number of hydrogen-bond acceptors (Lipinski definition) is 4. The highest BCUT2D eigenvalue weighted by atomic mass is 16.6. The average molecular weight is 238 g/mol. The Balaban J connectivity index is 1.88. The van der Waals surface area contributed by atoms with Crippen LogP contribution in [0.2, 0.25) is 0 Å². The number of amides is 1. The maximum Gasteiger partial charge on any atom is 0.407 e. The molecule has 1 aromatic carbocycles. The molecule has 0 unspecified atom stereocenters. The van der Waals surface area contributed by atoms with Crippen LogP contribution in [0.15, 0.2) is 24.3 Å². The van der Waals surface area contributed by atoms with E-state index >= 15 is 0 Å². The number of rotatable bonds is 3. The van der Waals surface area contributed by atoms with Crippen molar-refractivity contribution in [2.75, 3.05) is 13.1 Å². The molecule has 1 aliphatic heterocycles. The van der Waals surface area contributed by atoms with Crippen molar-refractivity contribution < 1.29 is 19.6 Å². The maximum absolute atomic E-state index is 10.5. The first-order valence-electron chi connectivity index (χ1n) is 4.95. The van der Waals surface area contributed by atoms with E-state index in [1.54, 1.807) is 0 Å². The lowest BCUT2D eigenvalue weighted by atomic mass is 10.2. The van der Waals surface area contributed by atoms with Gasteiger partial charge in [0, 0.05) is 12.1 Å². The first-order valence-corrected chi connectivity index (χ1v) is 4.95. The van der Waals surface area contributed by atoms with Crippen LogP contribution in [0, 0.1) is 10.1 Å². The van der Waals surface area contributed by atoms with E-state index in [2.05, 4.69) is 0 Å². The van der Waals surface area contributed by atoms with Gasteiger partial charge in [0.05, 0.1) is 18.0 Å². The molecule has 1 aliphatic rings. The van der Waals surface area contributed by atoms with Gasteiger partial charge in [-0.2, -0.15) is 0 Å². The van der Waals surface area contributed by atoms with Gasteiger partial charge in [-0.05, 0) is 12.1 Å². The van der Waals surface area contributed by atoms with E-state index in [1.807, 2.05) is 0 Å².